The van der Waals surface area contributed by atoms with E-state index in [1.807, 2.05) is 14.0 Å². The Bertz CT molecular complexity index is 708. The number of carbonyl (C=O) groups is 1. The fraction of sp³-hybridized carbons (Fsp3) is 0.562. The van der Waals surface area contributed by atoms with Gasteiger partial charge >= 0.3 is 0 Å². The molecule has 0 aliphatic carbocycles. The second kappa shape index (κ2) is 7.14. The number of likely N-dealkylation sites (N-methyl/N-ethyl adjacent to an activating group) is 1. The van der Waals surface area contributed by atoms with E-state index >= 15 is 0 Å². The number of ether oxygens (including phenoxy) is 1. The Balaban J connectivity index is 1.53. The van der Waals surface area contributed by atoms with E-state index in [9.17, 15) is 4.79 Å². The van der Waals surface area contributed by atoms with Gasteiger partial charge in [0.05, 0.1) is 24.5 Å². The fourth-order valence-electron chi connectivity index (χ4n) is 2.73. The summed E-state index contributed by atoms with van der Waals surface area (Å²) < 4.78 is 12.7. The molecule has 1 aliphatic rings. The number of morpholine rings is 1. The lowest BCUT2D eigenvalue weighted by Crippen LogP contribution is -2.41. The van der Waals surface area contributed by atoms with Gasteiger partial charge in [-0.2, -0.15) is 5.10 Å². The number of amides is 1. The van der Waals surface area contributed by atoms with Gasteiger partial charge in [-0.05, 0) is 20.4 Å². The predicted octanol–water partition coefficient (Wildman–Crippen LogP) is 0.834. The number of rotatable bonds is 5. The van der Waals surface area contributed by atoms with Crippen LogP contribution in [0.25, 0.3) is 11.3 Å². The quantitative estimate of drug-likeness (QED) is 0.872. The lowest BCUT2D eigenvalue weighted by molar-refractivity contribution is -0.0226. The zero-order valence-corrected chi connectivity index (χ0v) is 14.3. The number of hydrogen-bond acceptors (Lipinski definition) is 6. The van der Waals surface area contributed by atoms with E-state index in [-0.39, 0.29) is 17.7 Å². The molecule has 1 saturated heterocycles. The number of nitrogens with one attached hydrogen (secondary N) is 1. The van der Waals surface area contributed by atoms with Crippen LogP contribution in [0.1, 0.15) is 22.6 Å². The number of aromatic nitrogens is 3. The minimum absolute atomic E-state index is 0.162. The Hall–Kier alpha value is -2.19. The number of carbonyl (C=O) groups excluding carboxylic acids is 1. The van der Waals surface area contributed by atoms with Crippen molar-refractivity contribution < 1.29 is 14.1 Å². The molecule has 1 unspecified atom stereocenters. The maximum absolute atomic E-state index is 12.2. The summed E-state index contributed by atoms with van der Waals surface area (Å²) in [7, 11) is 3.93. The molecule has 1 atom stereocenters. The second-order valence-electron chi connectivity index (χ2n) is 6.14. The molecule has 1 fully saturated rings. The van der Waals surface area contributed by atoms with Gasteiger partial charge in [0.15, 0.2) is 11.5 Å². The van der Waals surface area contributed by atoms with Crippen molar-refractivity contribution in [2.75, 3.05) is 33.3 Å². The van der Waals surface area contributed by atoms with Crippen molar-refractivity contribution >= 4 is 5.91 Å². The maximum atomic E-state index is 12.2. The molecule has 0 saturated carbocycles. The van der Waals surface area contributed by atoms with Crippen molar-refractivity contribution in [3.8, 4) is 11.3 Å². The molecule has 130 valence electrons. The van der Waals surface area contributed by atoms with Crippen LogP contribution in [0.2, 0.25) is 0 Å². The molecule has 0 aromatic carbocycles. The average Bonchev–Trinajstić information content (AvgIpc) is 3.15. The van der Waals surface area contributed by atoms with Crippen molar-refractivity contribution in [2.24, 2.45) is 7.05 Å². The van der Waals surface area contributed by atoms with Crippen LogP contribution < -0.4 is 5.32 Å². The van der Waals surface area contributed by atoms with Gasteiger partial charge in [-0.1, -0.05) is 5.16 Å². The molecule has 8 nitrogen and oxygen atoms in total. The van der Waals surface area contributed by atoms with Crippen LogP contribution in [-0.4, -0.2) is 65.1 Å². The third-order valence-electron chi connectivity index (χ3n) is 4.34. The first-order valence-electron chi connectivity index (χ1n) is 8.08. The summed E-state index contributed by atoms with van der Waals surface area (Å²) >= 11 is 0. The summed E-state index contributed by atoms with van der Waals surface area (Å²) in [5, 5.41) is 10.9. The van der Waals surface area contributed by atoms with Gasteiger partial charge in [0.2, 0.25) is 0 Å². The van der Waals surface area contributed by atoms with E-state index in [1.165, 1.54) is 0 Å². The first kappa shape index (κ1) is 16.7. The smallest absolute Gasteiger partial charge is 0.273 e. The minimum Gasteiger partial charge on any atom is -0.375 e. The fourth-order valence-corrected chi connectivity index (χ4v) is 2.73. The van der Waals surface area contributed by atoms with Crippen LogP contribution in [0.15, 0.2) is 16.8 Å². The summed E-state index contributed by atoms with van der Waals surface area (Å²) in [6, 6.07) is 1.64. The molecular formula is C16H23N5O3. The maximum Gasteiger partial charge on any atom is 0.273 e. The highest BCUT2D eigenvalue weighted by atomic mass is 16.5. The summed E-state index contributed by atoms with van der Waals surface area (Å²) in [5.41, 5.74) is 2.06. The first-order valence-corrected chi connectivity index (χ1v) is 8.08. The SMILES string of the molecule is Cc1c(-c2cc(C(=O)NCCC3CN(C)CCO3)no2)cnn1C. The molecule has 24 heavy (non-hydrogen) atoms. The molecule has 8 heteroatoms. The third kappa shape index (κ3) is 3.65. The van der Waals surface area contributed by atoms with Gasteiger partial charge in [0.1, 0.15) is 0 Å². The molecule has 0 radical (unpaired) electrons. The topological polar surface area (TPSA) is 85.4 Å². The molecule has 2 aromatic rings. The third-order valence-corrected chi connectivity index (χ3v) is 4.34. The monoisotopic (exact) mass is 333 g/mol. The molecular weight excluding hydrogens is 310 g/mol. The Kier molecular flexibility index (Phi) is 4.96. The first-order chi connectivity index (χ1) is 11.5. The lowest BCUT2D eigenvalue weighted by Gasteiger charge is -2.30. The van der Waals surface area contributed by atoms with Crippen LogP contribution in [0.5, 0.6) is 0 Å². The molecule has 3 heterocycles. The number of nitrogens with zero attached hydrogens (tertiary/aromatic N) is 4. The van der Waals surface area contributed by atoms with Crippen LogP contribution in [0.3, 0.4) is 0 Å². The van der Waals surface area contributed by atoms with Crippen molar-refractivity contribution in [1.82, 2.24) is 25.2 Å². The summed E-state index contributed by atoms with van der Waals surface area (Å²) in [4.78, 5) is 14.4. The predicted molar refractivity (Wildman–Crippen MR) is 87.6 cm³/mol. The second-order valence-corrected chi connectivity index (χ2v) is 6.14. The average molecular weight is 333 g/mol. The Morgan fingerprint density at radius 1 is 1.46 bits per heavy atom. The summed E-state index contributed by atoms with van der Waals surface area (Å²) in [6.07, 6.45) is 2.65. The van der Waals surface area contributed by atoms with E-state index in [0.717, 1.165) is 37.4 Å². The zero-order chi connectivity index (χ0) is 17.1. The molecule has 1 N–H and O–H groups in total. The van der Waals surface area contributed by atoms with Crippen LogP contribution in [-0.2, 0) is 11.8 Å². The van der Waals surface area contributed by atoms with E-state index in [4.69, 9.17) is 9.26 Å². The van der Waals surface area contributed by atoms with Crippen molar-refractivity contribution in [3.05, 3.63) is 23.7 Å². The number of hydrogen-bond donors (Lipinski definition) is 1. The van der Waals surface area contributed by atoms with Gasteiger partial charge < -0.3 is 19.5 Å². The van der Waals surface area contributed by atoms with Crippen LogP contribution >= 0.6 is 0 Å². The van der Waals surface area contributed by atoms with E-state index in [1.54, 1.807) is 16.9 Å². The van der Waals surface area contributed by atoms with Crippen molar-refractivity contribution in [1.29, 1.82) is 0 Å². The Morgan fingerprint density at radius 2 is 2.29 bits per heavy atom. The Morgan fingerprint density at radius 3 is 3.00 bits per heavy atom. The van der Waals surface area contributed by atoms with Gasteiger partial charge in [-0.15, -0.1) is 0 Å². The normalized spacial score (nSPS) is 18.7. The van der Waals surface area contributed by atoms with Crippen molar-refractivity contribution in [3.63, 3.8) is 0 Å². The van der Waals surface area contributed by atoms with E-state index in [0.29, 0.717) is 12.3 Å². The highest BCUT2D eigenvalue weighted by molar-refractivity contribution is 5.93. The highest BCUT2D eigenvalue weighted by Gasteiger charge is 2.19. The molecule has 2 aromatic heterocycles. The summed E-state index contributed by atoms with van der Waals surface area (Å²) in [5.74, 6) is 0.304. The van der Waals surface area contributed by atoms with E-state index < -0.39 is 0 Å². The van der Waals surface area contributed by atoms with Gasteiger partial charge in [-0.3, -0.25) is 9.48 Å². The Labute approximate surface area is 140 Å². The molecule has 0 spiro atoms. The van der Waals surface area contributed by atoms with Crippen molar-refractivity contribution in [2.45, 2.75) is 19.4 Å². The van der Waals surface area contributed by atoms with Gasteiger partial charge in [0.25, 0.3) is 5.91 Å². The molecule has 3 rings (SSSR count). The van der Waals surface area contributed by atoms with E-state index in [2.05, 4.69) is 27.5 Å². The van der Waals surface area contributed by atoms with Crippen LogP contribution in [0.4, 0.5) is 0 Å². The van der Waals surface area contributed by atoms with Crippen LogP contribution in [0, 0.1) is 6.92 Å². The summed E-state index contributed by atoms with van der Waals surface area (Å²) in [6.45, 7) is 5.08. The largest absolute Gasteiger partial charge is 0.375 e. The lowest BCUT2D eigenvalue weighted by atomic mass is 10.2. The zero-order valence-electron chi connectivity index (χ0n) is 14.3. The standard InChI is InChI=1S/C16H23N5O3/c1-11-13(9-18-21(11)3)15-8-14(19-24-15)16(22)17-5-4-12-10-20(2)6-7-23-12/h8-9,12H,4-7,10H2,1-3H3,(H,17,22). The molecule has 0 bridgehead atoms. The van der Waals surface area contributed by atoms with Gasteiger partial charge in [0, 0.05) is 38.4 Å². The highest BCUT2D eigenvalue weighted by Crippen LogP contribution is 2.23. The molecule has 1 amide bonds. The molecule has 1 aliphatic heterocycles. The van der Waals surface area contributed by atoms with Gasteiger partial charge in [-0.25, -0.2) is 0 Å². The minimum atomic E-state index is -0.240. The number of aryl methyl sites for hydroxylation is 1.